The van der Waals surface area contributed by atoms with Crippen molar-refractivity contribution in [2.45, 2.75) is 17.1 Å². The zero-order chi connectivity index (χ0) is 17.2. The normalized spacial score (nSPS) is 19.1. The number of carbonyl (C=O) groups excluding carboxylic acids is 1. The molecule has 2 aromatic rings. The van der Waals surface area contributed by atoms with E-state index in [-0.39, 0.29) is 12.5 Å². The molecule has 128 valence electrons. The number of thiophene rings is 1. The molecule has 3 heterocycles. The zero-order valence-electron chi connectivity index (χ0n) is 12.7. The van der Waals surface area contributed by atoms with Crippen LogP contribution < -0.4 is 5.32 Å². The topological polar surface area (TPSA) is 79.4 Å². The zero-order valence-corrected chi connectivity index (χ0v) is 15.1. The molecule has 6 nitrogen and oxygen atoms in total. The maximum absolute atomic E-state index is 12.6. The van der Waals surface area contributed by atoms with Gasteiger partial charge in [-0.15, -0.1) is 11.3 Å². The molecule has 1 amide bonds. The number of carbonyl (C=O) groups is 1. The van der Waals surface area contributed by atoms with Crippen molar-refractivity contribution in [3.63, 3.8) is 0 Å². The maximum atomic E-state index is 12.6. The first-order valence-electron chi connectivity index (χ1n) is 7.43. The van der Waals surface area contributed by atoms with Crippen molar-refractivity contribution in [2.24, 2.45) is 5.92 Å². The van der Waals surface area contributed by atoms with Crippen LogP contribution in [-0.4, -0.2) is 36.7 Å². The minimum atomic E-state index is -3.52. The van der Waals surface area contributed by atoms with Gasteiger partial charge in [-0.05, 0) is 36.4 Å². The van der Waals surface area contributed by atoms with Crippen LogP contribution in [0.5, 0.6) is 0 Å². The highest BCUT2D eigenvalue weighted by atomic mass is 35.5. The third-order valence-corrected chi connectivity index (χ3v) is 7.28. The molecule has 0 saturated carbocycles. The van der Waals surface area contributed by atoms with Gasteiger partial charge in [0, 0.05) is 19.3 Å². The second-order valence-electron chi connectivity index (χ2n) is 5.49. The van der Waals surface area contributed by atoms with Gasteiger partial charge < -0.3 is 5.32 Å². The number of nitrogens with one attached hydrogen (secondary N) is 1. The van der Waals surface area contributed by atoms with Crippen molar-refractivity contribution in [3.8, 4) is 0 Å². The molecule has 1 saturated heterocycles. The van der Waals surface area contributed by atoms with E-state index in [1.165, 1.54) is 21.8 Å². The molecule has 1 fully saturated rings. The molecule has 0 radical (unpaired) electrons. The van der Waals surface area contributed by atoms with Gasteiger partial charge in [-0.1, -0.05) is 17.7 Å². The Hall–Kier alpha value is -1.48. The van der Waals surface area contributed by atoms with Gasteiger partial charge in [-0.2, -0.15) is 4.31 Å². The van der Waals surface area contributed by atoms with Crippen LogP contribution in [-0.2, 0) is 14.8 Å². The van der Waals surface area contributed by atoms with E-state index in [1.54, 1.807) is 29.6 Å². The van der Waals surface area contributed by atoms with Gasteiger partial charge in [-0.25, -0.2) is 13.4 Å². The molecule has 0 spiro atoms. The number of halogens is 1. The highest BCUT2D eigenvalue weighted by Gasteiger charge is 2.33. The number of anilines is 1. The Morgan fingerprint density at radius 1 is 1.38 bits per heavy atom. The van der Waals surface area contributed by atoms with Gasteiger partial charge in [0.2, 0.25) is 5.91 Å². The summed E-state index contributed by atoms with van der Waals surface area (Å²) in [6.07, 6.45) is 2.75. The summed E-state index contributed by atoms with van der Waals surface area (Å²) in [5.74, 6) is -0.218. The van der Waals surface area contributed by atoms with Crippen LogP contribution in [0.2, 0.25) is 5.02 Å². The Morgan fingerprint density at radius 2 is 2.21 bits per heavy atom. The number of amides is 1. The number of pyridine rings is 1. The Balaban J connectivity index is 1.69. The van der Waals surface area contributed by atoms with Gasteiger partial charge in [0.15, 0.2) is 0 Å². The van der Waals surface area contributed by atoms with Gasteiger partial charge in [0.05, 0.1) is 10.9 Å². The number of hydrogen-bond donors (Lipinski definition) is 1. The quantitative estimate of drug-likeness (QED) is 0.877. The number of sulfonamides is 1. The predicted molar refractivity (Wildman–Crippen MR) is 93.7 cm³/mol. The molecule has 2 aromatic heterocycles. The number of hydrogen-bond acceptors (Lipinski definition) is 5. The van der Waals surface area contributed by atoms with Crippen LogP contribution in [0.25, 0.3) is 0 Å². The lowest BCUT2D eigenvalue weighted by Gasteiger charge is -2.30. The summed E-state index contributed by atoms with van der Waals surface area (Å²) in [5.41, 5.74) is 0. The number of aromatic nitrogens is 1. The lowest BCUT2D eigenvalue weighted by Crippen LogP contribution is -2.43. The van der Waals surface area contributed by atoms with Crippen LogP contribution >= 0.6 is 22.9 Å². The molecule has 24 heavy (non-hydrogen) atoms. The lowest BCUT2D eigenvalue weighted by molar-refractivity contribution is -0.120. The standard InChI is InChI=1S/C15H16ClN3O3S2/c16-12-5-6-13(17-9-12)18-15(20)11-3-1-7-19(10-11)24(21,22)14-4-2-8-23-14/h2,4-6,8-9,11H,1,3,7,10H2,(H,17,18,20). The lowest BCUT2D eigenvalue weighted by atomic mass is 9.99. The monoisotopic (exact) mass is 385 g/mol. The third kappa shape index (κ3) is 3.77. The predicted octanol–water partition coefficient (Wildman–Crippen LogP) is 2.84. The van der Waals surface area contributed by atoms with Crippen LogP contribution in [0, 0.1) is 5.92 Å². The van der Waals surface area contributed by atoms with Crippen molar-refractivity contribution in [2.75, 3.05) is 18.4 Å². The van der Waals surface area contributed by atoms with Gasteiger partial charge in [0.1, 0.15) is 10.0 Å². The summed E-state index contributed by atoms with van der Waals surface area (Å²) in [4.78, 5) is 16.4. The van der Waals surface area contributed by atoms with Gasteiger partial charge in [0.25, 0.3) is 10.0 Å². The number of nitrogens with zero attached hydrogens (tertiary/aromatic N) is 2. The molecule has 3 rings (SSSR count). The highest BCUT2D eigenvalue weighted by Crippen LogP contribution is 2.27. The van der Waals surface area contributed by atoms with Crippen molar-refractivity contribution in [1.82, 2.24) is 9.29 Å². The fourth-order valence-electron chi connectivity index (χ4n) is 2.59. The summed E-state index contributed by atoms with van der Waals surface area (Å²) in [5, 5.41) is 4.93. The Morgan fingerprint density at radius 3 is 2.88 bits per heavy atom. The average molecular weight is 386 g/mol. The maximum Gasteiger partial charge on any atom is 0.252 e. The Labute approximate surface area is 149 Å². The molecular weight excluding hydrogens is 370 g/mol. The minimum absolute atomic E-state index is 0.180. The summed E-state index contributed by atoms with van der Waals surface area (Å²) < 4.78 is 26.9. The second kappa shape index (κ2) is 7.18. The van der Waals surface area contributed by atoms with Gasteiger partial charge in [-0.3, -0.25) is 4.79 Å². The SMILES string of the molecule is O=C(Nc1ccc(Cl)cn1)C1CCCN(S(=O)(=O)c2cccs2)C1. The fraction of sp³-hybridized carbons (Fsp3) is 0.333. The molecule has 0 aromatic carbocycles. The van der Waals surface area contributed by atoms with E-state index in [2.05, 4.69) is 10.3 Å². The molecule has 1 N–H and O–H groups in total. The van der Waals surface area contributed by atoms with E-state index in [4.69, 9.17) is 11.6 Å². The molecule has 1 atom stereocenters. The van der Waals surface area contributed by atoms with Crippen LogP contribution in [0.15, 0.2) is 40.1 Å². The molecule has 1 aliphatic rings. The van der Waals surface area contributed by atoms with Crippen molar-refractivity contribution >= 4 is 44.7 Å². The van der Waals surface area contributed by atoms with Crippen LogP contribution in [0.1, 0.15) is 12.8 Å². The van der Waals surface area contributed by atoms with E-state index in [1.807, 2.05) is 0 Å². The van der Waals surface area contributed by atoms with E-state index in [0.29, 0.717) is 34.4 Å². The first-order chi connectivity index (χ1) is 11.5. The van der Waals surface area contributed by atoms with Crippen molar-refractivity contribution < 1.29 is 13.2 Å². The fourth-order valence-corrected chi connectivity index (χ4v) is 5.37. The molecular formula is C15H16ClN3O3S2. The summed E-state index contributed by atoms with van der Waals surface area (Å²) in [6.45, 7) is 0.614. The van der Waals surface area contributed by atoms with Crippen molar-refractivity contribution in [3.05, 3.63) is 40.9 Å². The van der Waals surface area contributed by atoms with E-state index in [0.717, 1.165) is 0 Å². The van der Waals surface area contributed by atoms with E-state index < -0.39 is 15.9 Å². The number of piperidine rings is 1. The van der Waals surface area contributed by atoms with Crippen molar-refractivity contribution in [1.29, 1.82) is 0 Å². The van der Waals surface area contributed by atoms with E-state index >= 15 is 0 Å². The summed E-state index contributed by atoms with van der Waals surface area (Å²) in [6, 6.07) is 6.54. The van der Waals surface area contributed by atoms with Crippen LogP contribution in [0.4, 0.5) is 5.82 Å². The Bertz CT molecular complexity index is 807. The average Bonchev–Trinajstić information content (AvgIpc) is 3.12. The molecule has 0 aliphatic carbocycles. The number of rotatable bonds is 4. The smallest absolute Gasteiger partial charge is 0.252 e. The van der Waals surface area contributed by atoms with Crippen LogP contribution in [0.3, 0.4) is 0 Å². The first-order valence-corrected chi connectivity index (χ1v) is 10.1. The molecule has 1 unspecified atom stereocenters. The Kier molecular flexibility index (Phi) is 5.19. The first kappa shape index (κ1) is 17.3. The second-order valence-corrected chi connectivity index (χ2v) is 9.03. The molecule has 1 aliphatic heterocycles. The highest BCUT2D eigenvalue weighted by molar-refractivity contribution is 7.91. The molecule has 9 heteroatoms. The van der Waals surface area contributed by atoms with E-state index in [9.17, 15) is 13.2 Å². The third-order valence-electron chi connectivity index (χ3n) is 3.82. The van der Waals surface area contributed by atoms with Gasteiger partial charge >= 0.3 is 0 Å². The minimum Gasteiger partial charge on any atom is -0.310 e. The summed E-state index contributed by atoms with van der Waals surface area (Å²) >= 11 is 6.95. The molecule has 0 bridgehead atoms. The summed E-state index contributed by atoms with van der Waals surface area (Å²) in [7, 11) is -3.52. The largest absolute Gasteiger partial charge is 0.310 e.